The van der Waals surface area contributed by atoms with Crippen molar-refractivity contribution < 1.29 is 14.1 Å². The summed E-state index contributed by atoms with van der Waals surface area (Å²) in [7, 11) is 1.79. The minimum atomic E-state index is -0.323. The van der Waals surface area contributed by atoms with E-state index in [9.17, 15) is 9.59 Å². The Bertz CT molecular complexity index is 1200. The van der Waals surface area contributed by atoms with Gasteiger partial charge in [-0.05, 0) is 44.2 Å². The van der Waals surface area contributed by atoms with Crippen molar-refractivity contribution in [3.8, 4) is 0 Å². The fourth-order valence-corrected chi connectivity index (χ4v) is 5.61. The number of aromatic nitrogens is 4. The molecular formula is C27H34N6O3. The monoisotopic (exact) mass is 490 g/mol. The number of benzene rings is 1. The van der Waals surface area contributed by atoms with Crippen molar-refractivity contribution in [1.82, 2.24) is 30.1 Å². The van der Waals surface area contributed by atoms with Gasteiger partial charge in [0.15, 0.2) is 5.82 Å². The number of aryl methyl sites for hydroxylation is 2. The quantitative estimate of drug-likeness (QED) is 0.601. The molecule has 2 amide bonds. The Balaban J connectivity index is 1.41. The van der Waals surface area contributed by atoms with E-state index in [0.29, 0.717) is 49.8 Å². The summed E-state index contributed by atoms with van der Waals surface area (Å²) in [4.78, 5) is 33.7. The second kappa shape index (κ2) is 10.6. The maximum atomic E-state index is 13.8. The standard InChI is InChI=1S/C27H34N6O3/c1-18-14-23(32(2)30-18)27(35)33-13-9-4-3-8-12-28-25(34)21-16-20(17-22(21)33)26-29-24(31-36-26)15-19-10-6-5-7-11-19/h5-7,10-11,14,20-22H,3-4,8-9,12-13,15-17H2,1-2H3,(H,28,34). The summed E-state index contributed by atoms with van der Waals surface area (Å²) in [6.45, 7) is 3.17. The molecule has 2 aromatic heterocycles. The summed E-state index contributed by atoms with van der Waals surface area (Å²) in [6.07, 6.45) is 5.72. The van der Waals surface area contributed by atoms with Gasteiger partial charge >= 0.3 is 0 Å². The fraction of sp³-hybridized carbons (Fsp3) is 0.519. The van der Waals surface area contributed by atoms with Crippen molar-refractivity contribution in [3.05, 3.63) is 65.1 Å². The first-order chi connectivity index (χ1) is 17.5. The second-order valence-corrected chi connectivity index (χ2v) is 10.1. The Morgan fingerprint density at radius 2 is 1.94 bits per heavy atom. The Morgan fingerprint density at radius 3 is 2.72 bits per heavy atom. The smallest absolute Gasteiger partial charge is 0.272 e. The Morgan fingerprint density at radius 1 is 1.14 bits per heavy atom. The highest BCUT2D eigenvalue weighted by atomic mass is 16.5. The molecule has 2 aliphatic rings. The summed E-state index contributed by atoms with van der Waals surface area (Å²) in [5, 5.41) is 11.7. The molecule has 190 valence electrons. The van der Waals surface area contributed by atoms with Crippen LogP contribution < -0.4 is 5.32 Å². The number of amides is 2. The highest BCUT2D eigenvalue weighted by Crippen LogP contribution is 2.41. The first-order valence-electron chi connectivity index (χ1n) is 13.0. The van der Waals surface area contributed by atoms with E-state index in [1.165, 1.54) is 0 Å². The molecule has 3 aromatic rings. The predicted octanol–water partition coefficient (Wildman–Crippen LogP) is 3.40. The van der Waals surface area contributed by atoms with Gasteiger partial charge in [0, 0.05) is 38.5 Å². The molecule has 1 aromatic carbocycles. The summed E-state index contributed by atoms with van der Waals surface area (Å²) >= 11 is 0. The molecule has 0 radical (unpaired) electrons. The molecule has 1 saturated carbocycles. The van der Waals surface area contributed by atoms with Crippen molar-refractivity contribution >= 4 is 11.8 Å². The van der Waals surface area contributed by atoms with E-state index in [0.717, 1.165) is 36.9 Å². The van der Waals surface area contributed by atoms with Gasteiger partial charge in [0.05, 0.1) is 11.6 Å². The minimum absolute atomic E-state index is 0.00686. The third kappa shape index (κ3) is 5.20. The van der Waals surface area contributed by atoms with Crippen LogP contribution >= 0.6 is 0 Å². The molecule has 5 rings (SSSR count). The average Bonchev–Trinajstić information content (AvgIpc) is 3.59. The molecule has 3 heterocycles. The van der Waals surface area contributed by atoms with Crippen molar-refractivity contribution in [3.63, 3.8) is 0 Å². The highest BCUT2D eigenvalue weighted by molar-refractivity contribution is 5.93. The number of rotatable bonds is 4. The molecule has 1 N–H and O–H groups in total. The van der Waals surface area contributed by atoms with Crippen molar-refractivity contribution in [2.24, 2.45) is 13.0 Å². The number of carbonyl (C=O) groups excluding carboxylic acids is 2. The van der Waals surface area contributed by atoms with Gasteiger partial charge in [-0.25, -0.2) is 0 Å². The number of nitrogens with one attached hydrogen (secondary N) is 1. The lowest BCUT2D eigenvalue weighted by atomic mass is 10.00. The van der Waals surface area contributed by atoms with Gasteiger partial charge in [-0.3, -0.25) is 14.3 Å². The van der Waals surface area contributed by atoms with Crippen LogP contribution in [0.2, 0.25) is 0 Å². The van der Waals surface area contributed by atoms with E-state index in [2.05, 4.69) is 20.6 Å². The van der Waals surface area contributed by atoms with Crippen LogP contribution in [0.3, 0.4) is 0 Å². The van der Waals surface area contributed by atoms with Gasteiger partial charge in [0.1, 0.15) is 5.69 Å². The first kappa shape index (κ1) is 24.2. The van der Waals surface area contributed by atoms with Crippen molar-refractivity contribution in [2.75, 3.05) is 13.1 Å². The van der Waals surface area contributed by atoms with E-state index < -0.39 is 0 Å². The summed E-state index contributed by atoms with van der Waals surface area (Å²) in [6, 6.07) is 11.6. The first-order valence-corrected chi connectivity index (χ1v) is 13.0. The summed E-state index contributed by atoms with van der Waals surface area (Å²) in [5.41, 5.74) is 2.46. The number of fused-ring (bicyclic) bond motifs is 1. The van der Waals surface area contributed by atoms with Crippen LogP contribution in [0, 0.1) is 12.8 Å². The topological polar surface area (TPSA) is 106 Å². The molecule has 0 spiro atoms. The molecule has 1 aliphatic carbocycles. The Labute approximate surface area is 211 Å². The van der Waals surface area contributed by atoms with Gasteiger partial charge in [-0.1, -0.05) is 48.3 Å². The third-order valence-corrected chi connectivity index (χ3v) is 7.41. The largest absolute Gasteiger partial charge is 0.356 e. The van der Waals surface area contributed by atoms with Crippen LogP contribution in [0.25, 0.3) is 0 Å². The molecule has 3 unspecified atom stereocenters. The SMILES string of the molecule is Cc1cc(C(=O)N2CCCCCCNC(=O)C3CC(c4nc(Cc5ccccc5)no4)CC32)n(C)n1. The summed E-state index contributed by atoms with van der Waals surface area (Å²) < 4.78 is 7.32. The van der Waals surface area contributed by atoms with E-state index in [-0.39, 0.29) is 29.7 Å². The lowest BCUT2D eigenvalue weighted by Crippen LogP contribution is -2.47. The van der Waals surface area contributed by atoms with Crippen LogP contribution in [0.15, 0.2) is 40.9 Å². The Kier molecular flexibility index (Phi) is 7.16. The molecule has 9 nitrogen and oxygen atoms in total. The molecule has 3 atom stereocenters. The molecule has 1 saturated heterocycles. The van der Waals surface area contributed by atoms with Crippen molar-refractivity contribution in [1.29, 1.82) is 0 Å². The van der Waals surface area contributed by atoms with Gasteiger partial charge < -0.3 is 14.7 Å². The molecule has 9 heteroatoms. The van der Waals surface area contributed by atoms with Gasteiger partial charge in [-0.15, -0.1) is 0 Å². The van der Waals surface area contributed by atoms with Crippen molar-refractivity contribution in [2.45, 2.75) is 63.8 Å². The zero-order valence-electron chi connectivity index (χ0n) is 21.0. The number of hydrogen-bond donors (Lipinski definition) is 1. The van der Waals surface area contributed by atoms with Crippen LogP contribution in [0.5, 0.6) is 0 Å². The number of carbonyl (C=O) groups is 2. The molecule has 2 fully saturated rings. The van der Waals surface area contributed by atoms with Crippen LogP contribution in [-0.2, 0) is 18.3 Å². The predicted molar refractivity (Wildman–Crippen MR) is 133 cm³/mol. The molecular weight excluding hydrogens is 456 g/mol. The van der Waals surface area contributed by atoms with Gasteiger partial charge in [0.2, 0.25) is 11.8 Å². The van der Waals surface area contributed by atoms with E-state index >= 15 is 0 Å². The number of hydrogen-bond acceptors (Lipinski definition) is 6. The van der Waals surface area contributed by atoms with E-state index in [4.69, 9.17) is 4.52 Å². The maximum Gasteiger partial charge on any atom is 0.272 e. The summed E-state index contributed by atoms with van der Waals surface area (Å²) in [5.74, 6) is 0.721. The van der Waals surface area contributed by atoms with Crippen LogP contribution in [0.4, 0.5) is 0 Å². The fourth-order valence-electron chi connectivity index (χ4n) is 5.61. The van der Waals surface area contributed by atoms with E-state index in [1.54, 1.807) is 11.7 Å². The zero-order chi connectivity index (χ0) is 25.1. The van der Waals surface area contributed by atoms with Crippen LogP contribution in [-0.4, -0.2) is 55.8 Å². The highest BCUT2D eigenvalue weighted by Gasteiger charge is 2.46. The lowest BCUT2D eigenvalue weighted by Gasteiger charge is -2.32. The van der Waals surface area contributed by atoms with Gasteiger partial charge in [0.25, 0.3) is 5.91 Å². The molecule has 1 aliphatic heterocycles. The second-order valence-electron chi connectivity index (χ2n) is 10.1. The van der Waals surface area contributed by atoms with Gasteiger partial charge in [-0.2, -0.15) is 10.1 Å². The van der Waals surface area contributed by atoms with Crippen LogP contribution in [0.1, 0.15) is 77.9 Å². The third-order valence-electron chi connectivity index (χ3n) is 7.41. The minimum Gasteiger partial charge on any atom is -0.356 e. The zero-order valence-corrected chi connectivity index (χ0v) is 21.0. The number of nitrogens with zero attached hydrogens (tertiary/aromatic N) is 5. The molecule has 0 bridgehead atoms. The maximum absolute atomic E-state index is 13.8. The average molecular weight is 491 g/mol. The normalized spacial score (nSPS) is 23.1. The lowest BCUT2D eigenvalue weighted by molar-refractivity contribution is -0.126. The van der Waals surface area contributed by atoms with E-state index in [1.807, 2.05) is 48.2 Å². The Hall–Kier alpha value is -3.49. The molecule has 36 heavy (non-hydrogen) atoms.